The molecule has 1 aliphatic heterocycles. The number of amides is 1. The van der Waals surface area contributed by atoms with Gasteiger partial charge < -0.3 is 11.1 Å². The Morgan fingerprint density at radius 1 is 1.06 bits per heavy atom. The van der Waals surface area contributed by atoms with Crippen LogP contribution < -0.4 is 5.73 Å². The average Bonchev–Trinajstić information content (AvgIpc) is 3.02. The molecule has 3 atom stereocenters. The van der Waals surface area contributed by atoms with Crippen molar-refractivity contribution in [1.29, 1.82) is 0 Å². The van der Waals surface area contributed by atoms with Crippen LogP contribution >= 0.6 is 0 Å². The van der Waals surface area contributed by atoms with Crippen LogP contribution in [0.25, 0.3) is 5.32 Å². The minimum atomic E-state index is -0.641. The first-order valence-electron chi connectivity index (χ1n) is 13.8. The van der Waals surface area contributed by atoms with Gasteiger partial charge in [0.1, 0.15) is 5.54 Å². The molecular weight excluding hydrogens is 420 g/mol. The van der Waals surface area contributed by atoms with Crippen molar-refractivity contribution in [2.75, 3.05) is 13.6 Å². The average molecular weight is 466 g/mol. The molecule has 1 amide bonds. The van der Waals surface area contributed by atoms with Gasteiger partial charge in [-0.1, -0.05) is 100 Å². The molecule has 0 radical (unpaired) electrons. The summed E-state index contributed by atoms with van der Waals surface area (Å²) >= 11 is 0. The predicted molar refractivity (Wildman–Crippen MR) is 142 cm³/mol. The van der Waals surface area contributed by atoms with Crippen molar-refractivity contribution in [1.82, 2.24) is 4.90 Å². The summed E-state index contributed by atoms with van der Waals surface area (Å²) in [4.78, 5) is 19.8. The molecule has 4 rings (SSSR count). The summed E-state index contributed by atoms with van der Waals surface area (Å²) in [5.74, 6) is 1.77. The van der Waals surface area contributed by atoms with Gasteiger partial charge in [-0.2, -0.15) is 0 Å². The van der Waals surface area contributed by atoms with Gasteiger partial charge >= 0.3 is 0 Å². The Hall–Kier alpha value is -1.88. The molecule has 2 N–H and O–H groups in total. The first kappa shape index (κ1) is 25.2. The van der Waals surface area contributed by atoms with E-state index >= 15 is 0 Å². The van der Waals surface area contributed by atoms with Crippen molar-refractivity contribution in [3.63, 3.8) is 0 Å². The highest BCUT2D eigenvalue weighted by Crippen LogP contribution is 2.41. The number of nitrogens with two attached hydrogens (primary N) is 1. The monoisotopic (exact) mass is 465 g/mol. The maximum Gasteiger partial charge on any atom is 0.257 e. The third kappa shape index (κ3) is 6.21. The van der Waals surface area contributed by atoms with Crippen LogP contribution in [0.2, 0.25) is 0 Å². The van der Waals surface area contributed by atoms with Crippen LogP contribution in [0.4, 0.5) is 0 Å². The van der Waals surface area contributed by atoms with Crippen molar-refractivity contribution < 1.29 is 4.79 Å². The molecule has 4 aliphatic rings. The standard InChI is InChI=1S/C29H45N4O/c1-3-22-10-7-8-13-25(18-22)21-31-26-15-9-14-24(19-26)20-29(27(34)33(2)28(30)32-29)17-16-23-11-5-4-6-12-23/h7-8,10,13,23-24,26H,3-6,9,11-12,14-21H2,1-2H3,(H2,30,32)/q-1/t24?,26?,29-/m1/s1. The number of rotatable bonds is 9. The van der Waals surface area contributed by atoms with Crippen molar-refractivity contribution in [3.05, 3.63) is 40.8 Å². The Labute approximate surface area is 207 Å². The Bertz CT molecular complexity index is 835. The number of likely N-dealkylation sites (N-methyl/N-ethyl adjacent to an activating group) is 1. The zero-order chi connectivity index (χ0) is 24.0. The third-order valence-electron chi connectivity index (χ3n) is 8.68. The fourth-order valence-corrected chi connectivity index (χ4v) is 6.56. The Balaban J connectivity index is 1.35. The molecule has 5 heteroatoms. The summed E-state index contributed by atoms with van der Waals surface area (Å²) in [5.41, 5.74) is 8.43. The second-order valence-corrected chi connectivity index (χ2v) is 11.2. The van der Waals surface area contributed by atoms with E-state index in [0.717, 1.165) is 51.0 Å². The molecule has 0 aromatic carbocycles. The van der Waals surface area contributed by atoms with Gasteiger partial charge in [0.25, 0.3) is 5.91 Å². The molecule has 5 nitrogen and oxygen atoms in total. The molecular formula is C29H45N4O-. The summed E-state index contributed by atoms with van der Waals surface area (Å²) in [7, 11) is 1.79. The molecule has 0 aromatic heterocycles. The second-order valence-electron chi connectivity index (χ2n) is 11.2. The molecule has 188 valence electrons. The molecule has 0 spiro atoms. The molecule has 3 aliphatic carbocycles. The lowest BCUT2D eigenvalue weighted by atomic mass is 9.74. The van der Waals surface area contributed by atoms with Gasteiger partial charge in [-0.3, -0.25) is 9.69 Å². The van der Waals surface area contributed by atoms with Crippen molar-refractivity contribution in [2.45, 2.75) is 108 Å². The molecule has 34 heavy (non-hydrogen) atoms. The first-order chi connectivity index (χ1) is 16.5. The van der Waals surface area contributed by atoms with Crippen LogP contribution in [-0.2, 0) is 4.79 Å². The zero-order valence-corrected chi connectivity index (χ0v) is 21.5. The number of carbonyl (C=O) groups is 1. The molecule has 1 heterocycles. The van der Waals surface area contributed by atoms with Crippen LogP contribution in [0.5, 0.6) is 0 Å². The maximum absolute atomic E-state index is 13.4. The molecule has 0 saturated heterocycles. The summed E-state index contributed by atoms with van der Waals surface area (Å²) in [6, 6.07) is 0.395. The smallest absolute Gasteiger partial charge is 0.257 e. The van der Waals surface area contributed by atoms with Gasteiger partial charge in [-0.15, -0.1) is 12.6 Å². The minimum absolute atomic E-state index is 0.120. The van der Waals surface area contributed by atoms with E-state index < -0.39 is 5.54 Å². The van der Waals surface area contributed by atoms with Gasteiger partial charge in [0.2, 0.25) is 0 Å². The molecule has 0 aromatic rings. The Kier molecular flexibility index (Phi) is 8.68. The quantitative estimate of drug-likeness (QED) is 0.427. The fraction of sp³-hybridized carbons (Fsp3) is 0.724. The van der Waals surface area contributed by atoms with Crippen LogP contribution in [-0.4, -0.2) is 41.9 Å². The van der Waals surface area contributed by atoms with Crippen LogP contribution in [0.15, 0.2) is 40.4 Å². The van der Waals surface area contributed by atoms with Crippen LogP contribution in [0.1, 0.15) is 96.8 Å². The summed E-state index contributed by atoms with van der Waals surface area (Å²) in [6.45, 7) is 3.06. The van der Waals surface area contributed by atoms with Gasteiger partial charge in [-0.25, -0.2) is 4.99 Å². The molecule has 2 fully saturated rings. The minimum Gasteiger partial charge on any atom is -0.656 e. The van der Waals surface area contributed by atoms with E-state index in [4.69, 9.17) is 16.0 Å². The van der Waals surface area contributed by atoms with Gasteiger partial charge in [0, 0.05) is 7.05 Å². The Morgan fingerprint density at radius 3 is 2.50 bits per heavy atom. The highest BCUT2D eigenvalue weighted by molar-refractivity contribution is 6.06. The molecule has 2 saturated carbocycles. The van der Waals surface area contributed by atoms with Crippen LogP contribution in [0.3, 0.4) is 0 Å². The maximum atomic E-state index is 13.4. The summed E-state index contributed by atoms with van der Waals surface area (Å²) < 4.78 is 0. The van der Waals surface area contributed by atoms with Crippen molar-refractivity contribution in [2.24, 2.45) is 22.6 Å². The lowest BCUT2D eigenvalue weighted by Crippen LogP contribution is -2.44. The lowest BCUT2D eigenvalue weighted by molar-refractivity contribution is -0.131. The first-order valence-corrected chi connectivity index (χ1v) is 13.8. The molecule has 2 unspecified atom stereocenters. The number of aliphatic imine (C=N–C) groups is 1. The highest BCUT2D eigenvalue weighted by atomic mass is 16.2. The Morgan fingerprint density at radius 2 is 1.79 bits per heavy atom. The number of nitrogens with zero attached hydrogens (tertiary/aromatic N) is 3. The van der Waals surface area contributed by atoms with E-state index in [0.29, 0.717) is 17.9 Å². The van der Waals surface area contributed by atoms with Crippen molar-refractivity contribution >= 4 is 11.9 Å². The van der Waals surface area contributed by atoms with Crippen molar-refractivity contribution in [3.8, 4) is 0 Å². The predicted octanol–water partition coefficient (Wildman–Crippen LogP) is 6.42. The summed E-state index contributed by atoms with van der Waals surface area (Å²) in [6.07, 6.45) is 25.0. The number of guanidine groups is 1. The van der Waals surface area contributed by atoms with E-state index in [1.54, 1.807) is 11.9 Å². The SMILES string of the molecule is CCC1=CC=CC=C(C[N-]C2CCCC(C[C@@]3(CCC4CCCCC4)N=C(N)N(C)C3=O)C2)C1. The normalized spacial score (nSPS) is 30.7. The van der Waals surface area contributed by atoms with E-state index in [9.17, 15) is 4.79 Å². The van der Waals surface area contributed by atoms with E-state index in [-0.39, 0.29) is 5.91 Å². The second kappa shape index (κ2) is 11.7. The highest BCUT2D eigenvalue weighted by Gasteiger charge is 2.47. The lowest BCUT2D eigenvalue weighted by Gasteiger charge is -2.41. The van der Waals surface area contributed by atoms with Gasteiger partial charge in [0.15, 0.2) is 5.96 Å². The fourth-order valence-electron chi connectivity index (χ4n) is 6.56. The van der Waals surface area contributed by atoms with E-state index in [1.807, 2.05) is 0 Å². The van der Waals surface area contributed by atoms with Gasteiger partial charge in [-0.05, 0) is 43.9 Å². The largest absolute Gasteiger partial charge is 0.656 e. The van der Waals surface area contributed by atoms with E-state index in [2.05, 4.69) is 31.2 Å². The molecule has 0 bridgehead atoms. The third-order valence-corrected chi connectivity index (χ3v) is 8.68. The zero-order valence-electron chi connectivity index (χ0n) is 21.5. The number of carbonyl (C=O) groups excluding carboxylic acids is 1. The van der Waals surface area contributed by atoms with Gasteiger partial charge in [0.05, 0.1) is 0 Å². The summed E-state index contributed by atoms with van der Waals surface area (Å²) in [5, 5.41) is 5.15. The number of allylic oxidation sites excluding steroid dienone is 5. The van der Waals surface area contributed by atoms with Crippen LogP contribution in [0, 0.1) is 11.8 Å². The van der Waals surface area contributed by atoms with E-state index in [1.165, 1.54) is 62.5 Å². The number of hydrogen-bond donors (Lipinski definition) is 1. The number of hydrogen-bond acceptors (Lipinski definition) is 3. The topological polar surface area (TPSA) is 72.8 Å².